The van der Waals surface area contributed by atoms with Crippen molar-refractivity contribution in [1.82, 2.24) is 15.0 Å². The van der Waals surface area contributed by atoms with E-state index in [-0.39, 0.29) is 5.92 Å². The summed E-state index contributed by atoms with van der Waals surface area (Å²) in [5.74, 6) is 1.69. The fraction of sp³-hybridized carbons (Fsp3) is 0.400. The highest BCUT2D eigenvalue weighted by Crippen LogP contribution is 2.24. The van der Waals surface area contributed by atoms with Crippen molar-refractivity contribution in [3.05, 3.63) is 35.5 Å². The largest absolute Gasteiger partial charge is 0.492 e. The summed E-state index contributed by atoms with van der Waals surface area (Å²) in [5.41, 5.74) is 1.65. The molecule has 0 spiro atoms. The van der Waals surface area contributed by atoms with Gasteiger partial charge in [0.15, 0.2) is 0 Å². The van der Waals surface area contributed by atoms with E-state index >= 15 is 0 Å². The predicted molar refractivity (Wildman–Crippen MR) is 80.1 cm³/mol. The van der Waals surface area contributed by atoms with Gasteiger partial charge in [-0.25, -0.2) is 9.97 Å². The molecule has 106 valence electrons. The van der Waals surface area contributed by atoms with Crippen LogP contribution in [0, 0.1) is 0 Å². The first-order valence-electron chi connectivity index (χ1n) is 6.73. The van der Waals surface area contributed by atoms with Gasteiger partial charge in [0.25, 0.3) is 0 Å². The first-order valence-corrected chi connectivity index (χ1v) is 7.10. The first kappa shape index (κ1) is 14.7. The zero-order valence-corrected chi connectivity index (χ0v) is 12.7. The van der Waals surface area contributed by atoms with Gasteiger partial charge in [-0.2, -0.15) is 0 Å². The summed E-state index contributed by atoms with van der Waals surface area (Å²) in [6, 6.07) is 3.67. The van der Waals surface area contributed by atoms with Crippen molar-refractivity contribution in [3.63, 3.8) is 0 Å². The maximum atomic E-state index is 6.06. The molecule has 0 aliphatic rings. The molecule has 0 bridgehead atoms. The van der Waals surface area contributed by atoms with Crippen LogP contribution < -0.4 is 4.74 Å². The molecule has 0 atom stereocenters. The lowest BCUT2D eigenvalue weighted by Gasteiger charge is -2.09. The van der Waals surface area contributed by atoms with Crippen LogP contribution in [0.1, 0.15) is 38.9 Å². The smallest absolute Gasteiger partial charge is 0.138 e. The van der Waals surface area contributed by atoms with Gasteiger partial charge in [-0.1, -0.05) is 32.4 Å². The van der Waals surface area contributed by atoms with E-state index in [2.05, 4.69) is 21.9 Å². The predicted octanol–water partition coefficient (Wildman–Crippen LogP) is 4.10. The van der Waals surface area contributed by atoms with Gasteiger partial charge in [0.1, 0.15) is 16.7 Å². The molecular formula is C15H18ClN3O. The van der Waals surface area contributed by atoms with Gasteiger partial charge >= 0.3 is 0 Å². The molecule has 5 heteroatoms. The molecule has 20 heavy (non-hydrogen) atoms. The average Bonchev–Trinajstić information content (AvgIpc) is 2.44. The number of rotatable bonds is 5. The summed E-state index contributed by atoms with van der Waals surface area (Å²) in [6.07, 6.45) is 4.41. The van der Waals surface area contributed by atoms with Crippen molar-refractivity contribution in [2.45, 2.75) is 33.1 Å². The van der Waals surface area contributed by atoms with E-state index in [1.165, 1.54) is 0 Å². The Morgan fingerprint density at radius 3 is 2.70 bits per heavy atom. The topological polar surface area (TPSA) is 47.9 Å². The highest BCUT2D eigenvalue weighted by molar-refractivity contribution is 6.29. The Kier molecular flexibility index (Phi) is 4.90. The maximum Gasteiger partial charge on any atom is 0.138 e. The van der Waals surface area contributed by atoms with Crippen LogP contribution in [-0.4, -0.2) is 21.6 Å². The highest BCUT2D eigenvalue weighted by Gasteiger charge is 2.09. The fourth-order valence-corrected chi connectivity index (χ4v) is 1.89. The molecule has 4 nitrogen and oxygen atoms in total. The minimum absolute atomic E-state index is 0.222. The van der Waals surface area contributed by atoms with Crippen molar-refractivity contribution in [2.75, 3.05) is 6.61 Å². The van der Waals surface area contributed by atoms with Crippen LogP contribution in [0.5, 0.6) is 5.75 Å². The van der Waals surface area contributed by atoms with E-state index in [0.29, 0.717) is 11.8 Å². The summed E-state index contributed by atoms with van der Waals surface area (Å²) >= 11 is 6.06. The summed E-state index contributed by atoms with van der Waals surface area (Å²) in [6.45, 7) is 6.81. The van der Waals surface area contributed by atoms with Crippen molar-refractivity contribution in [1.29, 1.82) is 0 Å². The van der Waals surface area contributed by atoms with Gasteiger partial charge < -0.3 is 4.74 Å². The molecule has 2 rings (SSSR count). The summed E-state index contributed by atoms with van der Waals surface area (Å²) < 4.78 is 5.59. The molecular weight excluding hydrogens is 274 g/mol. The minimum atomic E-state index is 0.222. The maximum absolute atomic E-state index is 6.06. The van der Waals surface area contributed by atoms with Crippen LogP contribution in [0.3, 0.4) is 0 Å². The molecule has 0 saturated heterocycles. The van der Waals surface area contributed by atoms with Crippen LogP contribution in [0.2, 0.25) is 5.15 Å². The third kappa shape index (κ3) is 3.67. The number of hydrogen-bond acceptors (Lipinski definition) is 4. The van der Waals surface area contributed by atoms with E-state index in [1.54, 1.807) is 18.5 Å². The Labute approximate surface area is 124 Å². The van der Waals surface area contributed by atoms with Crippen LogP contribution in [0.15, 0.2) is 24.5 Å². The summed E-state index contributed by atoms with van der Waals surface area (Å²) in [7, 11) is 0. The monoisotopic (exact) mass is 291 g/mol. The molecule has 0 N–H and O–H groups in total. The number of hydrogen-bond donors (Lipinski definition) is 0. The molecule has 2 heterocycles. The van der Waals surface area contributed by atoms with Crippen molar-refractivity contribution >= 4 is 11.6 Å². The molecule has 0 aromatic carbocycles. The lowest BCUT2D eigenvalue weighted by atomic mass is 10.1. The third-order valence-corrected chi connectivity index (χ3v) is 2.90. The lowest BCUT2D eigenvalue weighted by Crippen LogP contribution is -2.00. The number of halogens is 1. The second-order valence-corrected chi connectivity index (χ2v) is 5.23. The SMILES string of the molecule is CCCOc1cncc(-c2cc(Cl)nc(C(C)C)n2)c1. The zero-order valence-electron chi connectivity index (χ0n) is 11.9. The zero-order chi connectivity index (χ0) is 14.5. The molecule has 0 unspecified atom stereocenters. The second-order valence-electron chi connectivity index (χ2n) is 4.85. The van der Waals surface area contributed by atoms with Crippen LogP contribution >= 0.6 is 11.6 Å². The average molecular weight is 292 g/mol. The van der Waals surface area contributed by atoms with Gasteiger partial charge in [0, 0.05) is 23.7 Å². The molecule has 0 aliphatic carbocycles. The fourth-order valence-electron chi connectivity index (χ4n) is 1.70. The lowest BCUT2D eigenvalue weighted by molar-refractivity contribution is 0.316. The van der Waals surface area contributed by atoms with Crippen LogP contribution in [0.25, 0.3) is 11.3 Å². The van der Waals surface area contributed by atoms with E-state index in [4.69, 9.17) is 16.3 Å². The Hall–Kier alpha value is -1.68. The molecule has 0 saturated carbocycles. The van der Waals surface area contributed by atoms with E-state index in [9.17, 15) is 0 Å². The van der Waals surface area contributed by atoms with Gasteiger partial charge in [0.05, 0.1) is 18.5 Å². The molecule has 0 fully saturated rings. The summed E-state index contributed by atoms with van der Waals surface area (Å²) in [4.78, 5) is 13.0. The van der Waals surface area contributed by atoms with Crippen molar-refractivity contribution in [2.24, 2.45) is 0 Å². The Morgan fingerprint density at radius 1 is 1.20 bits per heavy atom. The summed E-state index contributed by atoms with van der Waals surface area (Å²) in [5, 5.41) is 0.443. The van der Waals surface area contributed by atoms with Gasteiger partial charge in [-0.05, 0) is 12.5 Å². The van der Waals surface area contributed by atoms with Crippen molar-refractivity contribution in [3.8, 4) is 17.0 Å². The van der Waals surface area contributed by atoms with Crippen LogP contribution in [0.4, 0.5) is 0 Å². The number of pyridine rings is 1. The Balaban J connectivity index is 2.35. The first-order chi connectivity index (χ1) is 9.60. The van der Waals surface area contributed by atoms with E-state index in [1.807, 2.05) is 19.9 Å². The minimum Gasteiger partial charge on any atom is -0.492 e. The van der Waals surface area contributed by atoms with E-state index < -0.39 is 0 Å². The van der Waals surface area contributed by atoms with Gasteiger partial charge in [-0.15, -0.1) is 0 Å². The molecule has 2 aromatic heterocycles. The second kappa shape index (κ2) is 6.66. The van der Waals surface area contributed by atoms with Gasteiger partial charge in [-0.3, -0.25) is 4.98 Å². The molecule has 2 aromatic rings. The Morgan fingerprint density at radius 2 is 2.00 bits per heavy atom. The van der Waals surface area contributed by atoms with Gasteiger partial charge in [0.2, 0.25) is 0 Å². The molecule has 0 radical (unpaired) electrons. The highest BCUT2D eigenvalue weighted by atomic mass is 35.5. The molecule has 0 aliphatic heterocycles. The molecule has 0 amide bonds. The number of ether oxygens (including phenoxy) is 1. The number of nitrogens with zero attached hydrogens (tertiary/aromatic N) is 3. The quantitative estimate of drug-likeness (QED) is 0.778. The number of aromatic nitrogens is 3. The van der Waals surface area contributed by atoms with E-state index in [0.717, 1.165) is 29.3 Å². The Bertz CT molecular complexity index is 587. The van der Waals surface area contributed by atoms with Crippen LogP contribution in [-0.2, 0) is 0 Å². The van der Waals surface area contributed by atoms with Crippen molar-refractivity contribution < 1.29 is 4.74 Å². The standard InChI is InChI=1S/C15H18ClN3O/c1-4-5-20-12-6-11(8-17-9-12)13-7-14(16)19-15(18-13)10(2)3/h6-10H,4-5H2,1-3H3. The third-order valence-electron chi connectivity index (χ3n) is 2.71. The normalized spacial score (nSPS) is 10.8.